The zero-order valence-electron chi connectivity index (χ0n) is 48.8. The summed E-state index contributed by atoms with van der Waals surface area (Å²) in [5.74, 6) is -0.937. The van der Waals surface area contributed by atoms with E-state index in [0.717, 1.165) is 28.0 Å². The summed E-state index contributed by atoms with van der Waals surface area (Å²) < 4.78 is 33.4. The highest BCUT2D eigenvalue weighted by Crippen LogP contribution is 2.48. The maximum absolute atomic E-state index is 13.7. The highest BCUT2D eigenvalue weighted by Gasteiger charge is 2.50. The van der Waals surface area contributed by atoms with Gasteiger partial charge in [0.25, 0.3) is 20.1 Å². The minimum Gasteiger partial charge on any atom is -0.541 e. The second kappa shape index (κ2) is 25.5. The molecule has 83 heavy (non-hydrogen) atoms. The number of nitrogens with zero attached hydrogens (tertiary/aromatic N) is 7. The molecule has 9 heterocycles. The van der Waals surface area contributed by atoms with Crippen LogP contribution in [0.5, 0.6) is 5.75 Å². The van der Waals surface area contributed by atoms with E-state index in [4.69, 9.17) is 4.43 Å². The number of rotatable bonds is 11. The van der Waals surface area contributed by atoms with Crippen LogP contribution in [0.3, 0.4) is 0 Å². The Hall–Kier alpha value is -8.81. The van der Waals surface area contributed by atoms with Crippen LogP contribution in [0.2, 0.25) is 16.6 Å². The number of allylic oxidation sites excluding steroid dienone is 2. The van der Waals surface area contributed by atoms with E-state index in [-0.39, 0.29) is 85.9 Å². The van der Waals surface area contributed by atoms with Crippen LogP contribution in [0.25, 0.3) is 33.1 Å². The number of H-pyrrole nitrogens is 2. The molecule has 0 saturated heterocycles. The Kier molecular flexibility index (Phi) is 18.6. The summed E-state index contributed by atoms with van der Waals surface area (Å²) in [6.45, 7) is 25.3. The van der Waals surface area contributed by atoms with Gasteiger partial charge in [0.05, 0.1) is 40.2 Å². The Morgan fingerprint density at radius 2 is 1.17 bits per heavy atom. The maximum atomic E-state index is 13.7. The zero-order chi connectivity index (χ0) is 60.0. The molecule has 2 atom stereocenters. The number of anilines is 1. The molecule has 2 aliphatic heterocycles. The van der Waals surface area contributed by atoms with Crippen LogP contribution >= 0.6 is 0 Å². The van der Waals surface area contributed by atoms with Gasteiger partial charge in [-0.05, 0) is 142 Å². The number of hydrogen-bond donors (Lipinski definition) is 4. The number of amides is 2. The van der Waals surface area contributed by atoms with E-state index in [2.05, 4.69) is 103 Å². The maximum Gasteiger partial charge on any atom is 0.262 e. The molecule has 2 aromatic carbocycles. The number of hydrogen-bond acceptors (Lipinski definition) is 12. The van der Waals surface area contributed by atoms with Crippen molar-refractivity contribution in [2.75, 3.05) is 5.32 Å². The van der Waals surface area contributed by atoms with Gasteiger partial charge in [0.1, 0.15) is 50.8 Å². The van der Waals surface area contributed by atoms with Crippen molar-refractivity contribution >= 4 is 58.9 Å². The zero-order valence-corrected chi connectivity index (χ0v) is 49.8. The summed E-state index contributed by atoms with van der Waals surface area (Å²) in [5, 5.41) is 14.4. The first-order chi connectivity index (χ1) is 39.5. The second-order valence-corrected chi connectivity index (χ2v) is 27.3. The quantitative estimate of drug-likeness (QED) is 0.0891. The van der Waals surface area contributed by atoms with Crippen LogP contribution in [-0.2, 0) is 13.1 Å². The molecule has 19 heteroatoms. The molecule has 2 unspecified atom stereocenters. The van der Waals surface area contributed by atoms with E-state index in [1.54, 1.807) is 66.0 Å². The Morgan fingerprint density at radius 1 is 0.663 bits per heavy atom. The largest absolute Gasteiger partial charge is 0.541 e. The predicted molar refractivity (Wildman–Crippen MR) is 323 cm³/mol. The first-order valence-corrected chi connectivity index (χ1v) is 29.7. The van der Waals surface area contributed by atoms with Crippen LogP contribution < -0.4 is 20.6 Å². The summed E-state index contributed by atoms with van der Waals surface area (Å²) in [7, 11) is -2.44. The Bertz CT molecular complexity index is 3960. The molecule has 7 aromatic heterocycles. The van der Waals surface area contributed by atoms with Crippen LogP contribution in [0.4, 0.5) is 14.5 Å². The molecule has 4 N–H and O–H groups in total. The highest BCUT2D eigenvalue weighted by atomic mass is 28.4. The number of carbonyl (C=O) groups is 2. The third-order valence-electron chi connectivity index (χ3n) is 15.4. The molecule has 16 nitrogen and oxygen atoms in total. The summed E-state index contributed by atoms with van der Waals surface area (Å²) in [6, 6.07) is 26.3. The van der Waals surface area contributed by atoms with Crippen molar-refractivity contribution in [1.82, 2.24) is 44.7 Å². The molecule has 0 spiro atoms. The van der Waals surface area contributed by atoms with Crippen molar-refractivity contribution in [3.8, 4) is 5.75 Å². The van der Waals surface area contributed by atoms with Gasteiger partial charge in [-0.3, -0.25) is 39.1 Å². The molecule has 0 saturated carbocycles. The fourth-order valence-electron chi connectivity index (χ4n) is 10.7. The first-order valence-electron chi connectivity index (χ1n) is 27.6. The number of aromatic nitrogens is 7. The van der Waals surface area contributed by atoms with Crippen molar-refractivity contribution in [3.05, 3.63) is 216 Å². The predicted octanol–water partition coefficient (Wildman–Crippen LogP) is 13.1. The van der Waals surface area contributed by atoms with Crippen molar-refractivity contribution in [3.63, 3.8) is 0 Å². The lowest BCUT2D eigenvalue weighted by Crippen LogP contribution is -2.51. The monoisotopic (exact) mass is 1140 g/mol. The van der Waals surface area contributed by atoms with Crippen LogP contribution in [-0.4, -0.2) is 69.9 Å². The first kappa shape index (κ1) is 60.3. The van der Waals surface area contributed by atoms with Gasteiger partial charge in [-0.1, -0.05) is 71.4 Å². The van der Waals surface area contributed by atoms with Crippen molar-refractivity contribution < 1.29 is 27.9 Å². The second-order valence-electron chi connectivity index (χ2n) is 21.9. The molecular weight excluding hydrogens is 1070 g/mol. The molecule has 0 aliphatic carbocycles. The van der Waals surface area contributed by atoms with E-state index in [1.165, 1.54) is 46.6 Å². The average molecular weight is 1140 g/mol. The number of benzene rings is 2. The lowest BCUT2D eigenvalue weighted by atomic mass is 10.1. The minimum absolute atomic E-state index is 0.0202. The average Bonchev–Trinajstić information content (AvgIpc) is 2.27. The van der Waals surface area contributed by atoms with Gasteiger partial charge in [0.15, 0.2) is 6.23 Å². The Balaban J connectivity index is 0.000000158. The highest BCUT2D eigenvalue weighted by molar-refractivity contribution is 6.78. The molecule has 0 radical (unpaired) electrons. The van der Waals surface area contributed by atoms with Crippen LogP contribution in [0, 0.1) is 25.5 Å². The number of carbonyl (C=O) groups excluding carboxylic acids is 2. The SMILES string of the molecule is CC(C)=C(C)Nc1cccnc1.CC(C)[Si](Oc1c2c(nc3cccnc13)C(O)N(Cc1ccc(F)cc1)C2=O)(C(C)C)C(C)C.CC1c2[nH]c3cccnc3c(=O)c2C(=O)N1Cc1ccc(F)cc1.Cc1[nH]c2cccnc2c(=O)c1C. The van der Waals surface area contributed by atoms with Gasteiger partial charge < -0.3 is 34.6 Å². The fourth-order valence-corrected chi connectivity index (χ4v) is 16.0. The molecule has 2 amide bonds. The molecule has 9 aromatic rings. The topological polar surface area (TPSA) is 212 Å². The van der Waals surface area contributed by atoms with Gasteiger partial charge in [-0.2, -0.15) is 0 Å². The molecular formula is C64H70F2N10O6Si. The van der Waals surface area contributed by atoms with Crippen LogP contribution in [0.1, 0.15) is 136 Å². The van der Waals surface area contributed by atoms with Gasteiger partial charge in [-0.15, -0.1) is 0 Å². The lowest BCUT2D eigenvalue weighted by Gasteiger charge is -2.42. The molecule has 2 aliphatic rings. The Labute approximate surface area is 481 Å². The number of aliphatic hydroxyl groups is 1. The third-order valence-corrected chi connectivity index (χ3v) is 21.4. The molecule has 0 fully saturated rings. The number of fused-ring (bicyclic) bond motifs is 5. The van der Waals surface area contributed by atoms with Crippen molar-refractivity contribution in [1.29, 1.82) is 0 Å². The van der Waals surface area contributed by atoms with E-state index in [0.29, 0.717) is 45.6 Å². The number of aromatic amines is 2. The number of pyridine rings is 7. The van der Waals surface area contributed by atoms with E-state index in [9.17, 15) is 33.1 Å². The number of aryl methyl sites for hydroxylation is 1. The third kappa shape index (κ3) is 12.7. The van der Waals surface area contributed by atoms with Gasteiger partial charge in [-0.25, -0.2) is 13.8 Å². The van der Waals surface area contributed by atoms with E-state index in [1.807, 2.05) is 57.3 Å². The number of nitrogens with one attached hydrogen (secondary N) is 3. The van der Waals surface area contributed by atoms with Crippen molar-refractivity contribution in [2.24, 2.45) is 0 Å². The standard InChI is InChI=1S/C26H32FN3O3Si.C18H14FN3O2.C10H10N2O.C10H14N2/c1-15(2)34(16(3)4,17(5)6)33-24-21-23(29-20-8-7-13-28-22(20)24)26(32)30(25(21)31)14-18-9-11-19(27)12-10-18;1-10-15-14(17(23)16-13(21-15)3-2-8-20-16)18(24)22(10)9-11-4-6-12(19)7-5-11;1-6-7(2)12-8-4-3-5-11-9(8)10(6)13;1-8(2)9(3)12-10-5-4-6-11-7-10/h7-13,15-17,26,32H,14H2,1-6H3;2-8,10H,9H2,1H3,(H,21,23);3-5H,1-2H3,(H,12,13);4-7,12H,1-3H3. The van der Waals surface area contributed by atoms with E-state index < -0.39 is 14.5 Å². The fraction of sp³-hybridized carbons (Fsp3) is 0.297. The van der Waals surface area contributed by atoms with E-state index >= 15 is 0 Å². The Morgan fingerprint density at radius 3 is 1.71 bits per heavy atom. The summed E-state index contributed by atoms with van der Waals surface area (Å²) in [4.78, 5) is 81.3. The van der Waals surface area contributed by atoms with Crippen LogP contribution in [0.15, 0.2) is 149 Å². The van der Waals surface area contributed by atoms with Crippen molar-refractivity contribution in [2.45, 2.75) is 125 Å². The normalized spacial score (nSPS) is 14.5. The summed E-state index contributed by atoms with van der Waals surface area (Å²) in [6.07, 6.45) is 7.18. The van der Waals surface area contributed by atoms with Gasteiger partial charge in [0.2, 0.25) is 10.9 Å². The molecule has 430 valence electrons. The number of aliphatic hydroxyl groups excluding tert-OH is 1. The smallest absolute Gasteiger partial charge is 0.262 e. The molecule has 0 bridgehead atoms. The minimum atomic E-state index is -2.44. The van der Waals surface area contributed by atoms with Gasteiger partial charge >= 0.3 is 0 Å². The summed E-state index contributed by atoms with van der Waals surface area (Å²) >= 11 is 0. The van der Waals surface area contributed by atoms with Gasteiger partial charge in [0, 0.05) is 54.8 Å². The number of halogens is 2. The lowest BCUT2D eigenvalue weighted by molar-refractivity contribution is 0.0120. The summed E-state index contributed by atoms with van der Waals surface area (Å²) in [5.41, 5.74) is 11.8. The molecule has 11 rings (SSSR count).